The van der Waals surface area contributed by atoms with Crippen LogP contribution in [-0.2, 0) is 6.54 Å². The molecule has 0 bridgehead atoms. The number of nitrogens with one attached hydrogen (secondary N) is 2. The van der Waals surface area contributed by atoms with Gasteiger partial charge in [0.2, 0.25) is 0 Å². The third-order valence-corrected chi connectivity index (χ3v) is 2.68. The summed E-state index contributed by atoms with van der Waals surface area (Å²) in [5.74, 6) is 1.77. The summed E-state index contributed by atoms with van der Waals surface area (Å²) >= 11 is 0. The van der Waals surface area contributed by atoms with Gasteiger partial charge in [0.1, 0.15) is 5.75 Å². The highest BCUT2D eigenvalue weighted by Crippen LogP contribution is 2.22. The Morgan fingerprint density at radius 3 is 2.40 bits per heavy atom. The molecule has 2 N–H and O–H groups in total. The van der Waals surface area contributed by atoms with Gasteiger partial charge in [-0.3, -0.25) is 0 Å². The molecule has 0 spiro atoms. The Bertz CT molecular complexity index is 433. The maximum absolute atomic E-state index is 5.87. The van der Waals surface area contributed by atoms with Crippen molar-refractivity contribution in [1.29, 1.82) is 0 Å². The number of nitrogens with zero attached hydrogens (tertiary/aromatic N) is 1. The first-order chi connectivity index (χ1) is 9.56. The number of guanidine groups is 1. The minimum Gasteiger partial charge on any atom is -0.491 e. The van der Waals surface area contributed by atoms with Gasteiger partial charge in [-0.05, 0) is 46.2 Å². The fourth-order valence-corrected chi connectivity index (χ4v) is 1.83. The first kappa shape index (κ1) is 16.3. The molecule has 4 nitrogen and oxygen atoms in total. The molecule has 0 atom stereocenters. The Balaban J connectivity index is 2.86. The van der Waals surface area contributed by atoms with Gasteiger partial charge < -0.3 is 15.4 Å². The second kappa shape index (κ2) is 8.46. The largest absolute Gasteiger partial charge is 0.491 e. The van der Waals surface area contributed by atoms with Crippen molar-refractivity contribution in [3.63, 3.8) is 0 Å². The normalized spacial score (nSPS) is 10.3. The first-order valence-corrected chi connectivity index (χ1v) is 7.35. The van der Waals surface area contributed by atoms with Crippen molar-refractivity contribution in [3.8, 4) is 5.75 Å². The summed E-state index contributed by atoms with van der Waals surface area (Å²) < 4.78 is 5.87. The van der Waals surface area contributed by atoms with Crippen LogP contribution in [0.15, 0.2) is 23.2 Å². The van der Waals surface area contributed by atoms with E-state index in [4.69, 9.17) is 4.74 Å². The van der Waals surface area contributed by atoms with Gasteiger partial charge in [0.05, 0.1) is 12.6 Å². The lowest BCUT2D eigenvalue weighted by Crippen LogP contribution is -2.37. The van der Waals surface area contributed by atoms with E-state index in [-0.39, 0.29) is 6.10 Å². The molecule has 0 saturated heterocycles. The first-order valence-electron chi connectivity index (χ1n) is 7.35. The van der Waals surface area contributed by atoms with Crippen LogP contribution in [0.5, 0.6) is 5.75 Å². The molecule has 0 heterocycles. The zero-order chi connectivity index (χ0) is 15.0. The van der Waals surface area contributed by atoms with E-state index in [1.54, 1.807) is 0 Å². The summed E-state index contributed by atoms with van der Waals surface area (Å²) in [6.07, 6.45) is 0.168. The number of aliphatic imine (C=N–C) groups is 1. The predicted octanol–water partition coefficient (Wildman–Crippen LogP) is 2.86. The minimum absolute atomic E-state index is 0.168. The molecule has 0 aliphatic heterocycles. The molecule has 0 saturated carbocycles. The second-order valence-electron chi connectivity index (χ2n) is 5.00. The number of aryl methyl sites for hydroxylation is 1. The summed E-state index contributed by atoms with van der Waals surface area (Å²) in [6.45, 7) is 12.6. The van der Waals surface area contributed by atoms with E-state index in [9.17, 15) is 0 Å². The number of hydrogen-bond donors (Lipinski definition) is 2. The van der Waals surface area contributed by atoms with E-state index in [0.717, 1.165) is 30.4 Å². The predicted molar refractivity (Wildman–Crippen MR) is 85.4 cm³/mol. The molecule has 1 aromatic rings. The molecular weight excluding hydrogens is 250 g/mol. The number of rotatable bonds is 6. The van der Waals surface area contributed by atoms with Crippen LogP contribution in [0.4, 0.5) is 0 Å². The van der Waals surface area contributed by atoms with Gasteiger partial charge in [-0.1, -0.05) is 12.1 Å². The molecule has 112 valence electrons. The lowest BCUT2D eigenvalue weighted by molar-refractivity contribution is 0.240. The van der Waals surface area contributed by atoms with Crippen molar-refractivity contribution in [3.05, 3.63) is 29.3 Å². The van der Waals surface area contributed by atoms with Crippen molar-refractivity contribution in [1.82, 2.24) is 10.6 Å². The Hall–Kier alpha value is -1.71. The Kier molecular flexibility index (Phi) is 6.91. The van der Waals surface area contributed by atoms with E-state index < -0.39 is 0 Å². The van der Waals surface area contributed by atoms with Crippen LogP contribution in [0.25, 0.3) is 0 Å². The molecule has 0 fully saturated rings. The van der Waals surface area contributed by atoms with Gasteiger partial charge in [-0.15, -0.1) is 0 Å². The average Bonchev–Trinajstić information content (AvgIpc) is 2.37. The van der Waals surface area contributed by atoms with Gasteiger partial charge >= 0.3 is 0 Å². The zero-order valence-electron chi connectivity index (χ0n) is 13.3. The van der Waals surface area contributed by atoms with Crippen LogP contribution in [0.1, 0.15) is 38.8 Å². The lowest BCUT2D eigenvalue weighted by Gasteiger charge is -2.15. The minimum atomic E-state index is 0.168. The van der Waals surface area contributed by atoms with Crippen molar-refractivity contribution in [2.24, 2.45) is 4.99 Å². The molecule has 20 heavy (non-hydrogen) atoms. The molecular formula is C16H27N3O. The molecule has 0 aliphatic rings. The van der Waals surface area contributed by atoms with Crippen LogP contribution in [0, 0.1) is 6.92 Å². The summed E-state index contributed by atoms with van der Waals surface area (Å²) in [7, 11) is 0. The van der Waals surface area contributed by atoms with Crippen molar-refractivity contribution < 1.29 is 4.74 Å². The van der Waals surface area contributed by atoms with Crippen LogP contribution in [0.3, 0.4) is 0 Å². The highest BCUT2D eigenvalue weighted by molar-refractivity contribution is 5.79. The van der Waals surface area contributed by atoms with E-state index in [2.05, 4.69) is 54.6 Å². The molecule has 0 aromatic heterocycles. The quantitative estimate of drug-likeness (QED) is 0.621. The smallest absolute Gasteiger partial charge is 0.191 e. The third kappa shape index (κ3) is 5.51. The van der Waals surface area contributed by atoms with Crippen LogP contribution < -0.4 is 15.4 Å². The summed E-state index contributed by atoms with van der Waals surface area (Å²) in [5.41, 5.74) is 2.31. The topological polar surface area (TPSA) is 45.7 Å². The van der Waals surface area contributed by atoms with Crippen LogP contribution in [0.2, 0.25) is 0 Å². The van der Waals surface area contributed by atoms with E-state index in [0.29, 0.717) is 6.54 Å². The highest BCUT2D eigenvalue weighted by Gasteiger charge is 2.06. The molecule has 1 rings (SSSR count). The van der Waals surface area contributed by atoms with E-state index in [1.165, 1.54) is 5.56 Å². The number of benzene rings is 1. The lowest BCUT2D eigenvalue weighted by atomic mass is 10.1. The average molecular weight is 277 g/mol. The molecule has 0 amide bonds. The molecule has 1 aromatic carbocycles. The highest BCUT2D eigenvalue weighted by atomic mass is 16.5. The zero-order valence-corrected chi connectivity index (χ0v) is 13.3. The molecule has 0 unspecified atom stereocenters. The fraction of sp³-hybridized carbons (Fsp3) is 0.562. The van der Waals surface area contributed by atoms with Crippen molar-refractivity contribution in [2.45, 2.75) is 47.3 Å². The van der Waals surface area contributed by atoms with Gasteiger partial charge in [0.15, 0.2) is 5.96 Å². The Morgan fingerprint density at radius 1 is 1.20 bits per heavy atom. The number of ether oxygens (including phenoxy) is 1. The van der Waals surface area contributed by atoms with E-state index in [1.807, 2.05) is 13.8 Å². The molecule has 0 radical (unpaired) electrons. The van der Waals surface area contributed by atoms with Crippen molar-refractivity contribution >= 4 is 5.96 Å². The van der Waals surface area contributed by atoms with Gasteiger partial charge in [0.25, 0.3) is 0 Å². The Labute approximate surface area is 122 Å². The van der Waals surface area contributed by atoms with Gasteiger partial charge in [0, 0.05) is 18.7 Å². The standard InChI is InChI=1S/C16H27N3O/c1-6-17-16(18-7-2)19-11-14-9-8-13(5)10-15(14)20-12(3)4/h8-10,12H,6-7,11H2,1-5H3,(H2,17,18,19). The van der Waals surface area contributed by atoms with Gasteiger partial charge in [-0.25, -0.2) is 4.99 Å². The molecule has 0 aliphatic carbocycles. The fourth-order valence-electron chi connectivity index (χ4n) is 1.83. The molecule has 4 heteroatoms. The summed E-state index contributed by atoms with van der Waals surface area (Å²) in [5, 5.41) is 6.45. The maximum atomic E-state index is 5.87. The van der Waals surface area contributed by atoms with Crippen LogP contribution in [-0.4, -0.2) is 25.2 Å². The number of hydrogen-bond acceptors (Lipinski definition) is 2. The second-order valence-corrected chi connectivity index (χ2v) is 5.00. The Morgan fingerprint density at radius 2 is 1.85 bits per heavy atom. The monoisotopic (exact) mass is 277 g/mol. The summed E-state index contributed by atoms with van der Waals surface area (Å²) in [6, 6.07) is 6.26. The SMILES string of the molecule is CCNC(=NCc1ccc(C)cc1OC(C)C)NCC. The van der Waals surface area contributed by atoms with E-state index >= 15 is 0 Å². The van der Waals surface area contributed by atoms with Crippen molar-refractivity contribution in [2.75, 3.05) is 13.1 Å². The third-order valence-electron chi connectivity index (χ3n) is 2.68. The maximum Gasteiger partial charge on any atom is 0.191 e. The van der Waals surface area contributed by atoms with Gasteiger partial charge in [-0.2, -0.15) is 0 Å². The van der Waals surface area contributed by atoms with Crippen LogP contribution >= 0.6 is 0 Å². The summed E-state index contributed by atoms with van der Waals surface area (Å²) in [4.78, 5) is 4.59.